The Hall–Kier alpha value is -2.62. The number of benzene rings is 2. The highest BCUT2D eigenvalue weighted by molar-refractivity contribution is 5.94. The summed E-state index contributed by atoms with van der Waals surface area (Å²) in [5.41, 5.74) is 3.17. The lowest BCUT2D eigenvalue weighted by atomic mass is 10.0. The van der Waals surface area contributed by atoms with E-state index < -0.39 is 5.97 Å². The van der Waals surface area contributed by atoms with Crippen LogP contribution in [0.5, 0.6) is 0 Å². The van der Waals surface area contributed by atoms with Crippen LogP contribution in [0.15, 0.2) is 39.5 Å². The summed E-state index contributed by atoms with van der Waals surface area (Å²) in [5, 5.41) is 9.96. The van der Waals surface area contributed by atoms with E-state index in [-0.39, 0.29) is 11.8 Å². The van der Waals surface area contributed by atoms with Crippen LogP contribution in [0, 0.1) is 13.8 Å². The zero-order chi connectivity index (χ0) is 15.1. The molecule has 0 aliphatic carbocycles. The molecule has 2 aromatic carbocycles. The lowest BCUT2D eigenvalue weighted by Crippen LogP contribution is -2.07. The Balaban J connectivity index is 2.47. The average molecular weight is 282 g/mol. The normalized spacial score (nSPS) is 11.1. The van der Waals surface area contributed by atoms with Crippen LogP contribution in [0.25, 0.3) is 21.9 Å². The summed E-state index contributed by atoms with van der Waals surface area (Å²) in [6.45, 7) is 3.83. The standard InChI is InChI=1S/C17H14O4/c1-9-6-7-13-15(10(9)2)16(20)12-5-3-4-11(8-14(18)19)17(12)21-13/h3-7H,8H2,1-2H3,(H,18,19). The fourth-order valence-corrected chi connectivity index (χ4v) is 2.59. The van der Waals surface area contributed by atoms with E-state index in [9.17, 15) is 9.59 Å². The molecular weight excluding hydrogens is 268 g/mol. The van der Waals surface area contributed by atoms with E-state index in [1.807, 2.05) is 19.9 Å². The maximum absolute atomic E-state index is 12.7. The monoisotopic (exact) mass is 282 g/mol. The summed E-state index contributed by atoms with van der Waals surface area (Å²) in [7, 11) is 0. The molecule has 3 aromatic rings. The van der Waals surface area contributed by atoms with Crippen LogP contribution in [0.2, 0.25) is 0 Å². The van der Waals surface area contributed by atoms with Crippen molar-refractivity contribution in [3.63, 3.8) is 0 Å². The van der Waals surface area contributed by atoms with Crippen molar-refractivity contribution in [3.8, 4) is 0 Å². The van der Waals surface area contributed by atoms with E-state index in [0.29, 0.717) is 27.5 Å². The third-order valence-electron chi connectivity index (χ3n) is 3.82. The quantitative estimate of drug-likeness (QED) is 0.733. The highest BCUT2D eigenvalue weighted by Crippen LogP contribution is 2.25. The van der Waals surface area contributed by atoms with Gasteiger partial charge < -0.3 is 9.52 Å². The van der Waals surface area contributed by atoms with Crippen LogP contribution >= 0.6 is 0 Å². The Labute approximate surface area is 120 Å². The second-order valence-electron chi connectivity index (χ2n) is 5.18. The molecule has 1 N–H and O–H groups in total. The van der Waals surface area contributed by atoms with Gasteiger partial charge in [0.05, 0.1) is 17.2 Å². The molecule has 0 saturated heterocycles. The Bertz CT molecular complexity index is 935. The van der Waals surface area contributed by atoms with Gasteiger partial charge in [-0.3, -0.25) is 9.59 Å². The number of aliphatic carboxylic acids is 1. The highest BCUT2D eigenvalue weighted by Gasteiger charge is 2.14. The number of rotatable bonds is 2. The summed E-state index contributed by atoms with van der Waals surface area (Å²) in [6.07, 6.45) is -0.170. The van der Waals surface area contributed by atoms with E-state index in [1.165, 1.54) is 0 Å². The summed E-state index contributed by atoms with van der Waals surface area (Å²) in [4.78, 5) is 23.6. The van der Waals surface area contributed by atoms with Crippen molar-refractivity contribution in [2.45, 2.75) is 20.3 Å². The summed E-state index contributed by atoms with van der Waals surface area (Å²) < 4.78 is 5.83. The fraction of sp³-hybridized carbons (Fsp3) is 0.176. The van der Waals surface area contributed by atoms with Crippen molar-refractivity contribution in [2.24, 2.45) is 0 Å². The van der Waals surface area contributed by atoms with Gasteiger partial charge in [-0.15, -0.1) is 0 Å². The van der Waals surface area contributed by atoms with Crippen LogP contribution in [-0.4, -0.2) is 11.1 Å². The number of aryl methyl sites for hydroxylation is 2. The number of carboxylic acid groups (broad SMARTS) is 1. The first-order valence-electron chi connectivity index (χ1n) is 6.65. The summed E-state index contributed by atoms with van der Waals surface area (Å²) >= 11 is 0. The SMILES string of the molecule is Cc1ccc2oc3c(CC(=O)O)cccc3c(=O)c2c1C. The molecule has 0 radical (unpaired) electrons. The number of carboxylic acids is 1. The zero-order valence-electron chi connectivity index (χ0n) is 11.8. The second kappa shape index (κ2) is 4.74. The molecule has 0 saturated carbocycles. The van der Waals surface area contributed by atoms with Crippen LogP contribution in [-0.2, 0) is 11.2 Å². The van der Waals surface area contributed by atoms with Gasteiger partial charge in [0.2, 0.25) is 5.43 Å². The van der Waals surface area contributed by atoms with Crippen molar-refractivity contribution >= 4 is 27.9 Å². The van der Waals surface area contributed by atoms with Gasteiger partial charge in [-0.1, -0.05) is 18.2 Å². The molecule has 0 aliphatic rings. The molecule has 0 amide bonds. The van der Waals surface area contributed by atoms with Gasteiger partial charge in [0.15, 0.2) is 0 Å². The van der Waals surface area contributed by atoms with Crippen molar-refractivity contribution in [1.82, 2.24) is 0 Å². The first-order chi connectivity index (χ1) is 9.99. The van der Waals surface area contributed by atoms with E-state index in [2.05, 4.69) is 0 Å². The minimum atomic E-state index is -0.953. The largest absolute Gasteiger partial charge is 0.481 e. The minimum Gasteiger partial charge on any atom is -0.481 e. The summed E-state index contributed by atoms with van der Waals surface area (Å²) in [5.74, 6) is -0.953. The second-order valence-corrected chi connectivity index (χ2v) is 5.18. The Morgan fingerprint density at radius 1 is 1.19 bits per heavy atom. The molecule has 0 atom stereocenters. The minimum absolute atomic E-state index is 0.111. The number of para-hydroxylation sites is 1. The molecule has 0 bridgehead atoms. The predicted octanol–water partition coefficient (Wildman–Crippen LogP) is 3.19. The van der Waals surface area contributed by atoms with Crippen molar-refractivity contribution < 1.29 is 14.3 Å². The van der Waals surface area contributed by atoms with Crippen molar-refractivity contribution in [3.05, 3.63) is 57.2 Å². The topological polar surface area (TPSA) is 67.5 Å². The van der Waals surface area contributed by atoms with E-state index in [1.54, 1.807) is 24.3 Å². The third-order valence-corrected chi connectivity index (χ3v) is 3.82. The Morgan fingerprint density at radius 3 is 2.67 bits per heavy atom. The molecule has 0 fully saturated rings. The number of fused-ring (bicyclic) bond motifs is 2. The number of hydrogen-bond donors (Lipinski definition) is 1. The van der Waals surface area contributed by atoms with Gasteiger partial charge in [-0.2, -0.15) is 0 Å². The van der Waals surface area contributed by atoms with Crippen molar-refractivity contribution in [1.29, 1.82) is 0 Å². The van der Waals surface area contributed by atoms with E-state index in [4.69, 9.17) is 9.52 Å². The molecule has 21 heavy (non-hydrogen) atoms. The highest BCUT2D eigenvalue weighted by atomic mass is 16.4. The summed E-state index contributed by atoms with van der Waals surface area (Å²) in [6, 6.07) is 8.69. The molecule has 4 nitrogen and oxygen atoms in total. The smallest absolute Gasteiger partial charge is 0.307 e. The van der Waals surface area contributed by atoms with Gasteiger partial charge in [0.1, 0.15) is 11.2 Å². The number of hydrogen-bond acceptors (Lipinski definition) is 3. The molecule has 0 spiro atoms. The van der Waals surface area contributed by atoms with Gasteiger partial charge in [-0.05, 0) is 37.1 Å². The third kappa shape index (κ3) is 2.09. The maximum Gasteiger partial charge on any atom is 0.307 e. The van der Waals surface area contributed by atoms with Gasteiger partial charge >= 0.3 is 5.97 Å². The fourth-order valence-electron chi connectivity index (χ4n) is 2.59. The molecule has 0 aliphatic heterocycles. The molecular formula is C17H14O4. The molecule has 0 unspecified atom stereocenters. The Kier molecular flexibility index (Phi) is 3.01. The van der Waals surface area contributed by atoms with E-state index >= 15 is 0 Å². The molecule has 106 valence electrons. The first kappa shape index (κ1) is 13.4. The molecule has 3 rings (SSSR count). The lowest BCUT2D eigenvalue weighted by Gasteiger charge is -2.08. The molecule has 1 heterocycles. The van der Waals surface area contributed by atoms with Gasteiger partial charge in [-0.25, -0.2) is 0 Å². The van der Waals surface area contributed by atoms with E-state index in [0.717, 1.165) is 11.1 Å². The maximum atomic E-state index is 12.7. The lowest BCUT2D eigenvalue weighted by molar-refractivity contribution is -0.136. The van der Waals surface area contributed by atoms with Crippen LogP contribution < -0.4 is 5.43 Å². The number of carbonyl (C=O) groups is 1. The average Bonchev–Trinajstić information content (AvgIpc) is 2.43. The predicted molar refractivity (Wildman–Crippen MR) is 80.8 cm³/mol. The zero-order valence-corrected chi connectivity index (χ0v) is 11.8. The van der Waals surface area contributed by atoms with Crippen LogP contribution in [0.4, 0.5) is 0 Å². The van der Waals surface area contributed by atoms with Crippen LogP contribution in [0.1, 0.15) is 16.7 Å². The first-order valence-corrected chi connectivity index (χ1v) is 6.65. The molecule has 1 aromatic heterocycles. The van der Waals surface area contributed by atoms with Gasteiger partial charge in [0.25, 0.3) is 0 Å². The Morgan fingerprint density at radius 2 is 1.95 bits per heavy atom. The van der Waals surface area contributed by atoms with Crippen LogP contribution in [0.3, 0.4) is 0 Å². The van der Waals surface area contributed by atoms with Gasteiger partial charge in [0, 0.05) is 5.56 Å². The molecule has 4 heteroatoms. The van der Waals surface area contributed by atoms with Crippen molar-refractivity contribution in [2.75, 3.05) is 0 Å².